The predicted octanol–water partition coefficient (Wildman–Crippen LogP) is 3.38. The molecule has 0 radical (unpaired) electrons. The SMILES string of the molecule is CCCCCCn1nnc(C(F)(F)C(F)(F)F)c1C#N. The lowest BCUT2D eigenvalue weighted by atomic mass is 10.2. The average molecular weight is 296 g/mol. The van der Waals surface area contributed by atoms with Crippen LogP contribution < -0.4 is 0 Å². The molecular formula is C11H13F5N4. The molecule has 0 atom stereocenters. The van der Waals surface area contributed by atoms with Crippen LogP contribution in [0.25, 0.3) is 0 Å². The standard InChI is InChI=1S/C11H13F5N4/c1-2-3-4-5-6-20-8(7-17)9(18-19-20)10(12,13)11(14,15)16/h2-6H2,1H3. The Morgan fingerprint density at radius 1 is 1.15 bits per heavy atom. The van der Waals surface area contributed by atoms with Crippen molar-refractivity contribution in [2.75, 3.05) is 0 Å². The Balaban J connectivity index is 2.96. The smallest absolute Gasteiger partial charge is 0.234 e. The van der Waals surface area contributed by atoms with Crippen molar-refractivity contribution in [2.24, 2.45) is 0 Å². The number of nitrogens with zero attached hydrogens (tertiary/aromatic N) is 4. The summed E-state index contributed by atoms with van der Waals surface area (Å²) in [6.07, 6.45) is -2.65. The van der Waals surface area contributed by atoms with Gasteiger partial charge in [0, 0.05) is 6.54 Å². The summed E-state index contributed by atoms with van der Waals surface area (Å²) in [4.78, 5) is 0. The second-order valence-electron chi connectivity index (χ2n) is 4.25. The van der Waals surface area contributed by atoms with Crippen LogP contribution in [0.3, 0.4) is 0 Å². The highest BCUT2D eigenvalue weighted by molar-refractivity contribution is 5.29. The van der Waals surface area contributed by atoms with Gasteiger partial charge in [0.05, 0.1) is 0 Å². The minimum Gasteiger partial charge on any atom is -0.234 e. The number of nitriles is 1. The normalized spacial score (nSPS) is 12.4. The van der Waals surface area contributed by atoms with E-state index in [0.29, 0.717) is 6.42 Å². The van der Waals surface area contributed by atoms with Crippen LogP contribution >= 0.6 is 0 Å². The first-order chi connectivity index (χ1) is 9.25. The summed E-state index contributed by atoms with van der Waals surface area (Å²) in [5.74, 6) is -5.18. The molecule has 0 saturated carbocycles. The third kappa shape index (κ3) is 3.23. The molecule has 4 nitrogen and oxygen atoms in total. The van der Waals surface area contributed by atoms with Gasteiger partial charge in [-0.25, -0.2) is 4.68 Å². The number of alkyl halides is 5. The summed E-state index contributed by atoms with van der Waals surface area (Å²) in [5.41, 5.74) is -2.48. The highest BCUT2D eigenvalue weighted by Crippen LogP contribution is 2.43. The van der Waals surface area contributed by atoms with Crippen molar-refractivity contribution in [2.45, 2.75) is 51.3 Å². The van der Waals surface area contributed by atoms with E-state index in [0.717, 1.165) is 23.9 Å². The van der Waals surface area contributed by atoms with Gasteiger partial charge in [-0.2, -0.15) is 27.2 Å². The van der Waals surface area contributed by atoms with Gasteiger partial charge in [-0.15, -0.1) is 5.10 Å². The lowest BCUT2D eigenvalue weighted by molar-refractivity contribution is -0.291. The summed E-state index contributed by atoms with van der Waals surface area (Å²) >= 11 is 0. The maximum Gasteiger partial charge on any atom is 0.459 e. The molecule has 1 heterocycles. The molecule has 0 saturated heterocycles. The summed E-state index contributed by atoms with van der Waals surface area (Å²) < 4.78 is 63.9. The number of halogens is 5. The Bertz CT molecular complexity index is 486. The van der Waals surface area contributed by atoms with Crippen molar-refractivity contribution in [3.63, 3.8) is 0 Å². The molecule has 0 aliphatic rings. The molecule has 0 fully saturated rings. The van der Waals surface area contributed by atoms with Gasteiger partial charge in [0.1, 0.15) is 6.07 Å². The zero-order valence-corrected chi connectivity index (χ0v) is 10.7. The average Bonchev–Trinajstić information content (AvgIpc) is 2.76. The molecule has 0 N–H and O–H groups in total. The van der Waals surface area contributed by atoms with E-state index in [1.165, 1.54) is 6.07 Å². The van der Waals surface area contributed by atoms with E-state index < -0.39 is 23.5 Å². The molecular weight excluding hydrogens is 283 g/mol. The topological polar surface area (TPSA) is 54.5 Å². The van der Waals surface area contributed by atoms with Gasteiger partial charge in [-0.1, -0.05) is 31.4 Å². The number of hydrogen-bond acceptors (Lipinski definition) is 3. The van der Waals surface area contributed by atoms with Crippen LogP contribution in [-0.4, -0.2) is 21.2 Å². The molecule has 0 aliphatic heterocycles. The summed E-state index contributed by atoms with van der Waals surface area (Å²) in [6, 6.07) is 1.32. The Kier molecular flexibility index (Phi) is 5.03. The Hall–Kier alpha value is -1.72. The van der Waals surface area contributed by atoms with Gasteiger partial charge in [0.25, 0.3) is 0 Å². The fourth-order valence-electron chi connectivity index (χ4n) is 1.61. The van der Waals surface area contributed by atoms with E-state index >= 15 is 0 Å². The largest absolute Gasteiger partial charge is 0.459 e. The molecule has 1 rings (SSSR count). The monoisotopic (exact) mass is 296 g/mol. The van der Waals surface area contributed by atoms with Gasteiger partial charge < -0.3 is 0 Å². The lowest BCUT2D eigenvalue weighted by Gasteiger charge is -2.17. The molecule has 0 aromatic carbocycles. The first kappa shape index (κ1) is 16.3. The van der Waals surface area contributed by atoms with Crippen LogP contribution in [0.1, 0.15) is 44.0 Å². The van der Waals surface area contributed by atoms with Gasteiger partial charge in [0.15, 0.2) is 11.4 Å². The van der Waals surface area contributed by atoms with Crippen molar-refractivity contribution in [1.29, 1.82) is 5.26 Å². The molecule has 9 heteroatoms. The van der Waals surface area contributed by atoms with E-state index in [9.17, 15) is 22.0 Å². The fraction of sp³-hybridized carbons (Fsp3) is 0.727. The molecule has 0 aliphatic carbocycles. The molecule has 0 amide bonds. The Labute approximate surface area is 112 Å². The molecule has 112 valence electrons. The van der Waals surface area contributed by atoms with E-state index in [-0.39, 0.29) is 6.54 Å². The lowest BCUT2D eigenvalue weighted by Crippen LogP contribution is -2.35. The Morgan fingerprint density at radius 3 is 2.30 bits per heavy atom. The van der Waals surface area contributed by atoms with Crippen LogP contribution in [0, 0.1) is 11.3 Å². The third-order valence-corrected chi connectivity index (χ3v) is 2.72. The van der Waals surface area contributed by atoms with E-state index in [4.69, 9.17) is 5.26 Å². The van der Waals surface area contributed by atoms with Crippen molar-refractivity contribution in [1.82, 2.24) is 15.0 Å². The van der Waals surface area contributed by atoms with E-state index in [1.54, 1.807) is 0 Å². The number of unbranched alkanes of at least 4 members (excludes halogenated alkanes) is 3. The van der Waals surface area contributed by atoms with Crippen molar-refractivity contribution in [3.8, 4) is 6.07 Å². The number of aromatic nitrogens is 3. The van der Waals surface area contributed by atoms with Crippen LogP contribution in [0.2, 0.25) is 0 Å². The minimum atomic E-state index is -5.80. The molecule has 0 unspecified atom stereocenters. The Morgan fingerprint density at radius 2 is 1.80 bits per heavy atom. The third-order valence-electron chi connectivity index (χ3n) is 2.72. The van der Waals surface area contributed by atoms with Crippen molar-refractivity contribution < 1.29 is 22.0 Å². The molecule has 0 bridgehead atoms. The number of aryl methyl sites for hydroxylation is 1. The van der Waals surface area contributed by atoms with Crippen molar-refractivity contribution in [3.05, 3.63) is 11.4 Å². The summed E-state index contributed by atoms with van der Waals surface area (Å²) in [6.45, 7) is 2.06. The quantitative estimate of drug-likeness (QED) is 0.597. The van der Waals surface area contributed by atoms with E-state index in [2.05, 4.69) is 10.3 Å². The van der Waals surface area contributed by atoms with Gasteiger partial charge in [-0.3, -0.25) is 0 Å². The fourth-order valence-corrected chi connectivity index (χ4v) is 1.61. The highest BCUT2D eigenvalue weighted by Gasteiger charge is 2.62. The number of rotatable bonds is 6. The van der Waals surface area contributed by atoms with Gasteiger partial charge in [0.2, 0.25) is 0 Å². The minimum absolute atomic E-state index is 0.0871. The predicted molar refractivity (Wildman–Crippen MR) is 58.8 cm³/mol. The van der Waals surface area contributed by atoms with E-state index in [1.807, 2.05) is 6.92 Å². The molecule has 1 aromatic heterocycles. The maximum absolute atomic E-state index is 13.2. The summed E-state index contributed by atoms with van der Waals surface area (Å²) in [7, 11) is 0. The highest BCUT2D eigenvalue weighted by atomic mass is 19.4. The molecule has 1 aromatic rings. The maximum atomic E-state index is 13.2. The van der Waals surface area contributed by atoms with Crippen LogP contribution in [0.15, 0.2) is 0 Å². The number of hydrogen-bond donors (Lipinski definition) is 0. The molecule has 20 heavy (non-hydrogen) atoms. The zero-order valence-electron chi connectivity index (χ0n) is 10.7. The van der Waals surface area contributed by atoms with Gasteiger partial charge in [-0.05, 0) is 6.42 Å². The molecule has 0 spiro atoms. The van der Waals surface area contributed by atoms with Crippen LogP contribution in [0.4, 0.5) is 22.0 Å². The second kappa shape index (κ2) is 6.15. The van der Waals surface area contributed by atoms with Gasteiger partial charge >= 0.3 is 12.1 Å². The first-order valence-electron chi connectivity index (χ1n) is 6.04. The zero-order chi connectivity index (χ0) is 15.4. The first-order valence-corrected chi connectivity index (χ1v) is 6.04. The van der Waals surface area contributed by atoms with Crippen LogP contribution in [-0.2, 0) is 12.5 Å². The van der Waals surface area contributed by atoms with Crippen molar-refractivity contribution >= 4 is 0 Å². The second-order valence-corrected chi connectivity index (χ2v) is 4.25. The van der Waals surface area contributed by atoms with Crippen LogP contribution in [0.5, 0.6) is 0 Å². The summed E-state index contributed by atoms with van der Waals surface area (Å²) in [5, 5.41) is 14.8.